The fourth-order valence-corrected chi connectivity index (χ4v) is 2.73. The zero-order valence-corrected chi connectivity index (χ0v) is 16.2. The maximum Gasteiger partial charge on any atom is 0.331 e. The second-order valence-corrected chi connectivity index (χ2v) is 6.28. The van der Waals surface area contributed by atoms with E-state index < -0.39 is 23.6 Å². The molecule has 0 spiro atoms. The third kappa shape index (κ3) is 4.47. The Morgan fingerprint density at radius 1 is 1.33 bits per heavy atom. The number of hydrogen-bond donors (Lipinski definition) is 2. The number of nitrogens with zero attached hydrogens (tertiary/aromatic N) is 2. The van der Waals surface area contributed by atoms with Crippen molar-refractivity contribution in [2.24, 2.45) is 0 Å². The maximum atomic E-state index is 13.7. The van der Waals surface area contributed by atoms with Crippen LogP contribution < -0.4 is 4.74 Å². The summed E-state index contributed by atoms with van der Waals surface area (Å²) in [5, 5.41) is 19.9. The molecule has 0 aliphatic heterocycles. The summed E-state index contributed by atoms with van der Waals surface area (Å²) in [4.78, 5) is 19.3. The lowest BCUT2D eigenvalue weighted by atomic mass is 10.1. The second kappa shape index (κ2) is 8.92. The van der Waals surface area contributed by atoms with Gasteiger partial charge >= 0.3 is 5.97 Å². The number of fused-ring (bicyclic) bond motifs is 1. The van der Waals surface area contributed by atoms with Crippen LogP contribution in [0.3, 0.4) is 0 Å². The molecule has 8 heteroatoms. The van der Waals surface area contributed by atoms with Crippen LogP contribution in [-0.4, -0.2) is 34.3 Å². The molecule has 152 valence electrons. The van der Waals surface area contributed by atoms with Crippen molar-refractivity contribution in [3.8, 4) is 11.8 Å². The van der Waals surface area contributed by atoms with Crippen molar-refractivity contribution in [1.29, 1.82) is 5.26 Å². The highest BCUT2D eigenvalue weighted by Crippen LogP contribution is 2.22. The van der Waals surface area contributed by atoms with Crippen molar-refractivity contribution in [2.45, 2.75) is 13.0 Å². The molecule has 3 rings (SSSR count). The predicted octanol–water partition coefficient (Wildman–Crippen LogP) is 4.15. The van der Waals surface area contributed by atoms with Gasteiger partial charge in [0.05, 0.1) is 18.1 Å². The average molecular weight is 407 g/mol. The average Bonchev–Trinajstić information content (AvgIpc) is 3.16. The molecule has 0 unspecified atom stereocenters. The molecule has 0 bridgehead atoms. The molecule has 3 aromatic rings. The fourth-order valence-electron chi connectivity index (χ4n) is 2.73. The molecule has 7 nitrogen and oxygen atoms in total. The van der Waals surface area contributed by atoms with Crippen LogP contribution in [0.2, 0.25) is 0 Å². The van der Waals surface area contributed by atoms with E-state index >= 15 is 0 Å². The van der Waals surface area contributed by atoms with Crippen molar-refractivity contribution in [1.82, 2.24) is 9.97 Å². The Hall–Kier alpha value is -4.12. The van der Waals surface area contributed by atoms with Crippen LogP contribution in [0.5, 0.6) is 5.75 Å². The molecule has 0 saturated heterocycles. The standard InChI is InChI=1S/C22H18FN3O4/c1-13(30-20(27)10-8-14-7-9-19(29-2)16(23)11-14)21(28)15(12-24)22-25-17-5-3-4-6-18(17)26-22/h3-11,13,28H,1-2H3,(H,25,26)/b10-8+,21-15-/t13-/m0/s1. The van der Waals surface area contributed by atoms with Gasteiger partial charge in [-0.1, -0.05) is 18.2 Å². The number of benzene rings is 2. The number of nitriles is 1. The minimum absolute atomic E-state index is 0.0908. The SMILES string of the molecule is COc1ccc(/C=C/C(=O)O[C@@H](C)/C(O)=C(\C#N)c2nc3ccccc3[nH]2)cc1F. The van der Waals surface area contributed by atoms with Crippen LogP contribution in [0.15, 0.2) is 54.3 Å². The number of imidazole rings is 1. The molecular formula is C22H18FN3O4. The topological polar surface area (TPSA) is 108 Å². The Balaban J connectivity index is 1.74. The fraction of sp³-hybridized carbons (Fsp3) is 0.136. The van der Waals surface area contributed by atoms with Gasteiger partial charge in [-0.05, 0) is 42.8 Å². The van der Waals surface area contributed by atoms with Gasteiger partial charge in [0.2, 0.25) is 0 Å². The van der Waals surface area contributed by atoms with Gasteiger partial charge in [0.15, 0.2) is 29.3 Å². The Bertz CT molecular complexity index is 1160. The van der Waals surface area contributed by atoms with Crippen molar-refractivity contribution >= 4 is 28.7 Å². The molecule has 0 aliphatic carbocycles. The number of aliphatic hydroxyl groups excluding tert-OH is 1. The molecule has 0 amide bonds. The Morgan fingerprint density at radius 3 is 2.77 bits per heavy atom. The Labute approximate surface area is 171 Å². The van der Waals surface area contributed by atoms with Crippen molar-refractivity contribution in [2.75, 3.05) is 7.11 Å². The number of allylic oxidation sites excluding steroid dienone is 1. The number of aliphatic hydroxyl groups is 1. The highest BCUT2D eigenvalue weighted by molar-refractivity contribution is 5.88. The van der Waals surface area contributed by atoms with Gasteiger partial charge in [-0.3, -0.25) is 0 Å². The van der Waals surface area contributed by atoms with E-state index in [1.165, 1.54) is 32.2 Å². The van der Waals surface area contributed by atoms with Gasteiger partial charge < -0.3 is 19.6 Å². The number of nitrogens with one attached hydrogen (secondary N) is 1. The lowest BCUT2D eigenvalue weighted by molar-refractivity contribution is -0.141. The number of halogens is 1. The van der Waals surface area contributed by atoms with Crippen LogP contribution in [0.25, 0.3) is 22.7 Å². The summed E-state index contributed by atoms with van der Waals surface area (Å²) in [7, 11) is 1.35. The number of methoxy groups -OCH3 is 1. The number of aromatic amines is 1. The molecular weight excluding hydrogens is 389 g/mol. The van der Waals surface area contributed by atoms with Crippen LogP contribution in [-0.2, 0) is 9.53 Å². The van der Waals surface area contributed by atoms with E-state index in [1.54, 1.807) is 24.3 Å². The van der Waals surface area contributed by atoms with E-state index in [4.69, 9.17) is 9.47 Å². The number of carbonyl (C=O) groups is 1. The van der Waals surface area contributed by atoms with Gasteiger partial charge in [0, 0.05) is 6.08 Å². The predicted molar refractivity (Wildman–Crippen MR) is 109 cm³/mol. The van der Waals surface area contributed by atoms with Crippen LogP contribution in [0.1, 0.15) is 18.3 Å². The van der Waals surface area contributed by atoms with Gasteiger partial charge in [0.25, 0.3) is 0 Å². The molecule has 2 N–H and O–H groups in total. The number of ether oxygens (including phenoxy) is 2. The van der Waals surface area contributed by atoms with Gasteiger partial charge in [-0.2, -0.15) is 5.26 Å². The maximum absolute atomic E-state index is 13.7. The molecule has 0 fully saturated rings. The molecule has 1 aromatic heterocycles. The Kier molecular flexibility index (Phi) is 6.13. The van der Waals surface area contributed by atoms with E-state index in [0.717, 1.165) is 6.08 Å². The highest BCUT2D eigenvalue weighted by Gasteiger charge is 2.20. The van der Waals surface area contributed by atoms with Gasteiger partial charge in [-0.25, -0.2) is 14.2 Å². The Morgan fingerprint density at radius 2 is 2.10 bits per heavy atom. The van der Waals surface area contributed by atoms with Crippen molar-refractivity contribution < 1.29 is 23.8 Å². The smallest absolute Gasteiger partial charge is 0.331 e. The zero-order chi connectivity index (χ0) is 21.7. The summed E-state index contributed by atoms with van der Waals surface area (Å²) in [6.07, 6.45) is 1.36. The summed E-state index contributed by atoms with van der Waals surface area (Å²) in [5.74, 6) is -1.51. The zero-order valence-electron chi connectivity index (χ0n) is 16.2. The van der Waals surface area contributed by atoms with E-state index in [2.05, 4.69) is 9.97 Å². The summed E-state index contributed by atoms with van der Waals surface area (Å²) in [6, 6.07) is 13.3. The third-order valence-electron chi connectivity index (χ3n) is 4.26. The molecule has 30 heavy (non-hydrogen) atoms. The quantitative estimate of drug-likeness (QED) is 0.275. The lowest BCUT2D eigenvalue weighted by Gasteiger charge is -2.12. The normalized spacial score (nSPS) is 13.0. The molecule has 1 heterocycles. The number of carbonyl (C=O) groups excluding carboxylic acids is 1. The monoisotopic (exact) mass is 407 g/mol. The van der Waals surface area contributed by atoms with Crippen LogP contribution in [0, 0.1) is 17.1 Å². The van der Waals surface area contributed by atoms with Crippen LogP contribution in [0.4, 0.5) is 4.39 Å². The minimum atomic E-state index is -1.10. The molecule has 1 atom stereocenters. The van der Waals surface area contributed by atoms with Gasteiger partial charge in [0.1, 0.15) is 11.6 Å². The largest absolute Gasteiger partial charge is 0.507 e. The first kappa shape index (κ1) is 20.6. The summed E-state index contributed by atoms with van der Waals surface area (Å²) >= 11 is 0. The first-order chi connectivity index (χ1) is 14.4. The molecule has 2 aromatic carbocycles. The van der Waals surface area contributed by atoms with Crippen molar-refractivity contribution in [3.63, 3.8) is 0 Å². The minimum Gasteiger partial charge on any atom is -0.507 e. The van der Waals surface area contributed by atoms with Gasteiger partial charge in [-0.15, -0.1) is 0 Å². The number of hydrogen-bond acceptors (Lipinski definition) is 6. The van der Waals surface area contributed by atoms with E-state index in [9.17, 15) is 19.6 Å². The lowest BCUT2D eigenvalue weighted by Crippen LogP contribution is -2.17. The number of rotatable bonds is 6. The first-order valence-corrected chi connectivity index (χ1v) is 8.93. The van der Waals surface area contributed by atoms with Crippen molar-refractivity contribution in [3.05, 3.63) is 71.5 Å². The molecule has 0 aliphatic rings. The molecule has 0 saturated carbocycles. The van der Waals surface area contributed by atoms with E-state index in [-0.39, 0.29) is 17.1 Å². The number of H-pyrrole nitrogens is 1. The highest BCUT2D eigenvalue weighted by atomic mass is 19.1. The second-order valence-electron chi connectivity index (χ2n) is 6.28. The van der Waals surface area contributed by atoms with E-state index in [1.807, 2.05) is 12.1 Å². The number of para-hydroxylation sites is 2. The summed E-state index contributed by atoms with van der Waals surface area (Å²) in [6.45, 7) is 1.42. The third-order valence-corrected chi connectivity index (χ3v) is 4.26. The molecule has 0 radical (unpaired) electrons. The van der Waals surface area contributed by atoms with Crippen LogP contribution >= 0.6 is 0 Å². The first-order valence-electron chi connectivity index (χ1n) is 8.93. The number of esters is 1. The number of aromatic nitrogens is 2. The van der Waals surface area contributed by atoms with E-state index in [0.29, 0.717) is 16.6 Å². The summed E-state index contributed by atoms with van der Waals surface area (Å²) < 4.78 is 23.7. The summed E-state index contributed by atoms with van der Waals surface area (Å²) in [5.41, 5.74) is 1.63.